The van der Waals surface area contributed by atoms with Gasteiger partial charge in [0.1, 0.15) is 12.0 Å². The highest BCUT2D eigenvalue weighted by atomic mass is 16.5. The predicted octanol–water partition coefficient (Wildman–Crippen LogP) is 0.350. The minimum atomic E-state index is -0.472. The largest absolute Gasteiger partial charge is 0.363 e. The highest BCUT2D eigenvalue weighted by Crippen LogP contribution is 2.04. The summed E-state index contributed by atoms with van der Waals surface area (Å²) in [6.07, 6.45) is 3.37. The van der Waals surface area contributed by atoms with Gasteiger partial charge in [-0.05, 0) is 6.42 Å². The fourth-order valence-corrected chi connectivity index (χ4v) is 0.687. The zero-order valence-electron chi connectivity index (χ0n) is 6.78. The SMILES string of the molecule is CC[C@H](N)C(=O)Nc1cnoc1. The average Bonchev–Trinajstić information content (AvgIpc) is 2.55. The van der Waals surface area contributed by atoms with Gasteiger partial charge in [0.2, 0.25) is 5.91 Å². The molecule has 0 spiro atoms. The zero-order chi connectivity index (χ0) is 8.97. The lowest BCUT2D eigenvalue weighted by molar-refractivity contribution is -0.117. The van der Waals surface area contributed by atoms with Crippen molar-refractivity contribution in [2.45, 2.75) is 19.4 Å². The van der Waals surface area contributed by atoms with E-state index in [9.17, 15) is 4.79 Å². The Morgan fingerprint density at radius 1 is 1.92 bits per heavy atom. The maximum absolute atomic E-state index is 11.1. The molecule has 0 saturated heterocycles. The number of carbonyl (C=O) groups is 1. The maximum atomic E-state index is 11.1. The lowest BCUT2D eigenvalue weighted by Gasteiger charge is -2.06. The summed E-state index contributed by atoms with van der Waals surface area (Å²) < 4.78 is 4.52. The van der Waals surface area contributed by atoms with Gasteiger partial charge in [-0.25, -0.2) is 0 Å². The number of nitrogens with zero attached hydrogens (tertiary/aromatic N) is 1. The Morgan fingerprint density at radius 3 is 3.17 bits per heavy atom. The summed E-state index contributed by atoms with van der Waals surface area (Å²) in [4.78, 5) is 11.1. The Hall–Kier alpha value is -1.36. The molecule has 1 aromatic heterocycles. The molecular weight excluding hydrogens is 158 g/mol. The summed E-state index contributed by atoms with van der Waals surface area (Å²) in [6, 6.07) is -0.472. The molecule has 0 bridgehead atoms. The van der Waals surface area contributed by atoms with Crippen molar-refractivity contribution in [3.05, 3.63) is 12.5 Å². The summed E-state index contributed by atoms with van der Waals surface area (Å²) in [5.41, 5.74) is 6.00. The third-order valence-corrected chi connectivity index (χ3v) is 1.48. The molecule has 1 heterocycles. The number of anilines is 1. The predicted molar refractivity (Wildman–Crippen MR) is 43.4 cm³/mol. The number of nitrogens with one attached hydrogen (secondary N) is 1. The maximum Gasteiger partial charge on any atom is 0.241 e. The standard InChI is InChI=1S/C7H11N3O2/c1-2-6(8)7(11)10-5-3-9-12-4-5/h3-4,6H,2,8H2,1H3,(H,10,11)/t6-/m0/s1. The van der Waals surface area contributed by atoms with Crippen LogP contribution in [0.3, 0.4) is 0 Å². The van der Waals surface area contributed by atoms with E-state index in [1.165, 1.54) is 12.5 Å². The lowest BCUT2D eigenvalue weighted by Crippen LogP contribution is -2.34. The molecule has 0 aromatic carbocycles. The second-order valence-electron chi connectivity index (χ2n) is 2.42. The second-order valence-corrected chi connectivity index (χ2v) is 2.42. The van der Waals surface area contributed by atoms with Gasteiger partial charge in [0, 0.05) is 0 Å². The van der Waals surface area contributed by atoms with Crippen LogP contribution in [0.5, 0.6) is 0 Å². The first-order valence-electron chi connectivity index (χ1n) is 3.70. The minimum absolute atomic E-state index is 0.222. The number of carbonyl (C=O) groups excluding carboxylic acids is 1. The summed E-state index contributed by atoms with van der Waals surface area (Å²) in [6.45, 7) is 1.85. The Kier molecular flexibility index (Phi) is 2.82. The summed E-state index contributed by atoms with van der Waals surface area (Å²) in [5, 5.41) is 5.98. The van der Waals surface area contributed by atoms with Crippen molar-refractivity contribution in [2.75, 3.05) is 5.32 Å². The average molecular weight is 169 g/mol. The fraction of sp³-hybridized carbons (Fsp3) is 0.429. The van der Waals surface area contributed by atoms with Crippen LogP contribution in [0.15, 0.2) is 17.0 Å². The smallest absolute Gasteiger partial charge is 0.241 e. The number of aromatic nitrogens is 1. The lowest BCUT2D eigenvalue weighted by atomic mass is 10.2. The number of nitrogens with two attached hydrogens (primary N) is 1. The molecule has 1 atom stereocenters. The van der Waals surface area contributed by atoms with Crippen molar-refractivity contribution in [3.8, 4) is 0 Å². The van der Waals surface area contributed by atoms with Gasteiger partial charge in [-0.1, -0.05) is 12.1 Å². The topological polar surface area (TPSA) is 81.2 Å². The Morgan fingerprint density at radius 2 is 2.67 bits per heavy atom. The van der Waals surface area contributed by atoms with Gasteiger partial charge in [-0.2, -0.15) is 0 Å². The molecule has 1 amide bonds. The van der Waals surface area contributed by atoms with E-state index in [4.69, 9.17) is 5.73 Å². The zero-order valence-corrected chi connectivity index (χ0v) is 6.78. The van der Waals surface area contributed by atoms with Crippen LogP contribution < -0.4 is 11.1 Å². The van der Waals surface area contributed by atoms with Gasteiger partial charge in [-0.3, -0.25) is 4.79 Å². The van der Waals surface area contributed by atoms with Crippen molar-refractivity contribution in [1.29, 1.82) is 0 Å². The van der Waals surface area contributed by atoms with Crippen LogP contribution in [0.2, 0.25) is 0 Å². The Bertz CT molecular complexity index is 245. The van der Waals surface area contributed by atoms with E-state index >= 15 is 0 Å². The minimum Gasteiger partial charge on any atom is -0.363 e. The Balaban J connectivity index is 2.47. The third kappa shape index (κ3) is 2.06. The van der Waals surface area contributed by atoms with Crippen molar-refractivity contribution in [1.82, 2.24) is 5.16 Å². The van der Waals surface area contributed by atoms with Gasteiger partial charge >= 0.3 is 0 Å². The van der Waals surface area contributed by atoms with E-state index in [1.807, 2.05) is 6.92 Å². The van der Waals surface area contributed by atoms with Crippen LogP contribution in [-0.4, -0.2) is 17.1 Å². The molecule has 1 aromatic rings. The molecule has 1 rings (SSSR count). The van der Waals surface area contributed by atoms with Crippen molar-refractivity contribution < 1.29 is 9.32 Å². The molecule has 0 aliphatic heterocycles. The molecule has 5 heteroatoms. The van der Waals surface area contributed by atoms with Crippen LogP contribution in [0, 0.1) is 0 Å². The molecule has 0 saturated carbocycles. The van der Waals surface area contributed by atoms with Gasteiger partial charge in [0.25, 0.3) is 0 Å². The van der Waals surface area contributed by atoms with E-state index in [0.717, 1.165) is 0 Å². The third-order valence-electron chi connectivity index (χ3n) is 1.48. The summed E-state index contributed by atoms with van der Waals surface area (Å²) in [7, 11) is 0. The molecule has 12 heavy (non-hydrogen) atoms. The van der Waals surface area contributed by atoms with E-state index in [-0.39, 0.29) is 5.91 Å². The first kappa shape index (κ1) is 8.73. The van der Waals surface area contributed by atoms with E-state index in [1.54, 1.807) is 0 Å². The van der Waals surface area contributed by atoms with Gasteiger partial charge in [-0.15, -0.1) is 0 Å². The highest BCUT2D eigenvalue weighted by Gasteiger charge is 2.11. The van der Waals surface area contributed by atoms with Crippen LogP contribution in [0.4, 0.5) is 5.69 Å². The first-order chi connectivity index (χ1) is 5.74. The van der Waals surface area contributed by atoms with Crippen LogP contribution in [0.25, 0.3) is 0 Å². The van der Waals surface area contributed by atoms with Gasteiger partial charge in [0.15, 0.2) is 0 Å². The van der Waals surface area contributed by atoms with Crippen LogP contribution in [0.1, 0.15) is 13.3 Å². The Labute approximate surface area is 69.9 Å². The molecule has 0 aliphatic carbocycles. The van der Waals surface area contributed by atoms with Crippen molar-refractivity contribution >= 4 is 11.6 Å². The molecule has 0 aliphatic rings. The van der Waals surface area contributed by atoms with Crippen molar-refractivity contribution in [3.63, 3.8) is 0 Å². The molecule has 0 radical (unpaired) electrons. The van der Waals surface area contributed by atoms with E-state index < -0.39 is 6.04 Å². The second kappa shape index (κ2) is 3.87. The van der Waals surface area contributed by atoms with E-state index in [2.05, 4.69) is 15.0 Å². The van der Waals surface area contributed by atoms with Gasteiger partial charge in [0.05, 0.1) is 12.2 Å². The molecular formula is C7H11N3O2. The number of hydrogen-bond acceptors (Lipinski definition) is 4. The summed E-state index contributed by atoms with van der Waals surface area (Å²) >= 11 is 0. The molecule has 0 unspecified atom stereocenters. The first-order valence-corrected chi connectivity index (χ1v) is 3.70. The molecule has 5 nitrogen and oxygen atoms in total. The normalized spacial score (nSPS) is 12.5. The van der Waals surface area contributed by atoms with Crippen LogP contribution in [-0.2, 0) is 4.79 Å². The highest BCUT2D eigenvalue weighted by molar-refractivity contribution is 5.94. The number of hydrogen-bond donors (Lipinski definition) is 2. The monoisotopic (exact) mass is 169 g/mol. The number of rotatable bonds is 3. The fourth-order valence-electron chi connectivity index (χ4n) is 0.687. The molecule has 3 N–H and O–H groups in total. The van der Waals surface area contributed by atoms with Crippen molar-refractivity contribution in [2.24, 2.45) is 5.73 Å². The quantitative estimate of drug-likeness (QED) is 0.684. The summed E-state index contributed by atoms with van der Waals surface area (Å²) in [5.74, 6) is -0.222. The van der Waals surface area contributed by atoms with Gasteiger partial charge < -0.3 is 15.6 Å². The van der Waals surface area contributed by atoms with E-state index in [0.29, 0.717) is 12.1 Å². The molecule has 66 valence electrons. The molecule has 0 fully saturated rings. The van der Waals surface area contributed by atoms with Crippen LogP contribution >= 0.6 is 0 Å². The number of amides is 1.